The molecule has 0 radical (unpaired) electrons. The van der Waals surface area contributed by atoms with Crippen LogP contribution in [0, 0.1) is 13.8 Å². The number of aryl methyl sites for hydroxylation is 2. The van der Waals surface area contributed by atoms with Gasteiger partial charge in [0.05, 0.1) is 26.9 Å². The SMILES string of the molecule is CCNC(=NCC(O)c1ccc(C)cc1)N(C)Cc1cc(OC)c(OC)cc1C.I. The Labute approximate surface area is 197 Å². The molecule has 2 aromatic carbocycles. The lowest BCUT2D eigenvalue weighted by Crippen LogP contribution is -2.39. The summed E-state index contributed by atoms with van der Waals surface area (Å²) in [6, 6.07) is 11.9. The molecule has 0 aliphatic heterocycles. The minimum Gasteiger partial charge on any atom is -0.493 e. The molecule has 0 aromatic heterocycles. The van der Waals surface area contributed by atoms with Crippen LogP contribution in [0.5, 0.6) is 11.5 Å². The van der Waals surface area contributed by atoms with Gasteiger partial charge in [0.1, 0.15) is 0 Å². The molecule has 0 aliphatic carbocycles. The molecule has 0 saturated heterocycles. The van der Waals surface area contributed by atoms with Crippen molar-refractivity contribution in [2.75, 3.05) is 34.4 Å². The Morgan fingerprint density at radius 3 is 2.27 bits per heavy atom. The quantitative estimate of drug-likeness (QED) is 0.308. The third-order valence-electron chi connectivity index (χ3n) is 4.82. The lowest BCUT2D eigenvalue weighted by molar-refractivity contribution is 0.186. The van der Waals surface area contributed by atoms with Crippen LogP contribution >= 0.6 is 24.0 Å². The van der Waals surface area contributed by atoms with Crippen molar-refractivity contribution in [3.8, 4) is 11.5 Å². The number of aliphatic imine (C=N–C) groups is 1. The van der Waals surface area contributed by atoms with E-state index in [2.05, 4.69) is 17.2 Å². The summed E-state index contributed by atoms with van der Waals surface area (Å²) in [5, 5.41) is 13.8. The Morgan fingerprint density at radius 1 is 1.10 bits per heavy atom. The average Bonchev–Trinajstić information content (AvgIpc) is 2.72. The summed E-state index contributed by atoms with van der Waals surface area (Å²) in [6.45, 7) is 7.80. The highest BCUT2D eigenvalue weighted by Gasteiger charge is 2.14. The van der Waals surface area contributed by atoms with E-state index in [0.29, 0.717) is 18.8 Å². The summed E-state index contributed by atoms with van der Waals surface area (Å²) in [4.78, 5) is 6.68. The number of halogens is 1. The summed E-state index contributed by atoms with van der Waals surface area (Å²) in [5.74, 6) is 2.17. The second kappa shape index (κ2) is 12.6. The maximum absolute atomic E-state index is 10.5. The van der Waals surface area contributed by atoms with Gasteiger partial charge in [-0.3, -0.25) is 4.99 Å². The minimum absolute atomic E-state index is 0. The first-order chi connectivity index (χ1) is 13.9. The van der Waals surface area contributed by atoms with Crippen LogP contribution in [-0.2, 0) is 6.54 Å². The summed E-state index contributed by atoms with van der Waals surface area (Å²) in [7, 11) is 5.26. The molecule has 0 aliphatic rings. The fourth-order valence-corrected chi connectivity index (χ4v) is 3.06. The van der Waals surface area contributed by atoms with Gasteiger partial charge in [0.2, 0.25) is 0 Å². The van der Waals surface area contributed by atoms with Crippen molar-refractivity contribution >= 4 is 29.9 Å². The van der Waals surface area contributed by atoms with Crippen molar-refractivity contribution in [1.82, 2.24) is 10.2 Å². The van der Waals surface area contributed by atoms with Crippen LogP contribution in [-0.4, -0.2) is 50.3 Å². The normalized spacial score (nSPS) is 12.0. The zero-order valence-electron chi connectivity index (χ0n) is 18.7. The van der Waals surface area contributed by atoms with Gasteiger partial charge in [0.15, 0.2) is 17.5 Å². The van der Waals surface area contributed by atoms with E-state index >= 15 is 0 Å². The number of hydrogen-bond acceptors (Lipinski definition) is 4. The molecule has 2 rings (SSSR count). The lowest BCUT2D eigenvalue weighted by atomic mass is 10.1. The first kappa shape index (κ1) is 26.0. The molecule has 0 amide bonds. The molecule has 1 unspecified atom stereocenters. The van der Waals surface area contributed by atoms with E-state index in [4.69, 9.17) is 9.47 Å². The predicted molar refractivity (Wildman–Crippen MR) is 133 cm³/mol. The first-order valence-corrected chi connectivity index (χ1v) is 9.85. The van der Waals surface area contributed by atoms with Gasteiger partial charge in [-0.25, -0.2) is 0 Å². The Hall–Kier alpha value is -2.00. The molecular weight excluding hydrogens is 493 g/mol. The predicted octanol–water partition coefficient (Wildman–Crippen LogP) is 4.07. The second-order valence-electron chi connectivity index (χ2n) is 7.11. The maximum Gasteiger partial charge on any atom is 0.194 e. The van der Waals surface area contributed by atoms with E-state index in [0.717, 1.165) is 34.9 Å². The smallest absolute Gasteiger partial charge is 0.194 e. The van der Waals surface area contributed by atoms with E-state index in [1.807, 2.05) is 62.2 Å². The van der Waals surface area contributed by atoms with Crippen LogP contribution in [0.1, 0.15) is 35.3 Å². The van der Waals surface area contributed by atoms with Crippen LogP contribution in [0.15, 0.2) is 41.4 Å². The summed E-state index contributed by atoms with van der Waals surface area (Å²) in [5.41, 5.74) is 4.27. The fourth-order valence-electron chi connectivity index (χ4n) is 3.06. The van der Waals surface area contributed by atoms with E-state index in [1.54, 1.807) is 14.2 Å². The third kappa shape index (κ3) is 7.05. The second-order valence-corrected chi connectivity index (χ2v) is 7.11. The number of nitrogens with zero attached hydrogens (tertiary/aromatic N) is 2. The minimum atomic E-state index is -0.638. The molecule has 2 N–H and O–H groups in total. The number of aliphatic hydroxyl groups excluding tert-OH is 1. The molecule has 2 aromatic rings. The number of aliphatic hydroxyl groups is 1. The van der Waals surface area contributed by atoms with Gasteiger partial charge >= 0.3 is 0 Å². The van der Waals surface area contributed by atoms with Gasteiger partial charge in [0.25, 0.3) is 0 Å². The largest absolute Gasteiger partial charge is 0.493 e. The topological polar surface area (TPSA) is 66.3 Å². The molecule has 166 valence electrons. The van der Waals surface area contributed by atoms with E-state index in [-0.39, 0.29) is 24.0 Å². The molecule has 0 fully saturated rings. The number of methoxy groups -OCH3 is 2. The number of nitrogens with one attached hydrogen (secondary N) is 1. The Bertz CT molecular complexity index is 825. The highest BCUT2D eigenvalue weighted by molar-refractivity contribution is 14.0. The monoisotopic (exact) mass is 527 g/mol. The molecule has 0 spiro atoms. The molecule has 6 nitrogen and oxygen atoms in total. The van der Waals surface area contributed by atoms with Crippen LogP contribution in [0.25, 0.3) is 0 Å². The molecule has 0 saturated carbocycles. The van der Waals surface area contributed by atoms with Crippen molar-refractivity contribution in [2.24, 2.45) is 4.99 Å². The number of rotatable bonds is 8. The number of hydrogen-bond donors (Lipinski definition) is 2. The number of ether oxygens (including phenoxy) is 2. The fraction of sp³-hybridized carbons (Fsp3) is 0.435. The van der Waals surface area contributed by atoms with E-state index < -0.39 is 6.10 Å². The van der Waals surface area contributed by atoms with Crippen molar-refractivity contribution < 1.29 is 14.6 Å². The van der Waals surface area contributed by atoms with Crippen molar-refractivity contribution in [1.29, 1.82) is 0 Å². The van der Waals surface area contributed by atoms with Gasteiger partial charge in [0, 0.05) is 20.1 Å². The van der Waals surface area contributed by atoms with Gasteiger partial charge < -0.3 is 24.8 Å². The number of benzene rings is 2. The van der Waals surface area contributed by atoms with Gasteiger partial charge in [-0.05, 0) is 49.6 Å². The van der Waals surface area contributed by atoms with Gasteiger partial charge in [-0.15, -0.1) is 24.0 Å². The highest BCUT2D eigenvalue weighted by Crippen LogP contribution is 2.30. The molecule has 30 heavy (non-hydrogen) atoms. The molecule has 0 bridgehead atoms. The van der Waals surface area contributed by atoms with Gasteiger partial charge in [-0.2, -0.15) is 0 Å². The average molecular weight is 527 g/mol. The van der Waals surface area contributed by atoms with Crippen LogP contribution < -0.4 is 14.8 Å². The van der Waals surface area contributed by atoms with Crippen LogP contribution in [0.4, 0.5) is 0 Å². The molecule has 1 atom stereocenters. The van der Waals surface area contributed by atoms with Gasteiger partial charge in [-0.1, -0.05) is 29.8 Å². The lowest BCUT2D eigenvalue weighted by Gasteiger charge is -2.24. The third-order valence-corrected chi connectivity index (χ3v) is 4.82. The zero-order valence-corrected chi connectivity index (χ0v) is 21.1. The van der Waals surface area contributed by atoms with Crippen LogP contribution in [0.2, 0.25) is 0 Å². The summed E-state index contributed by atoms with van der Waals surface area (Å²) in [6.07, 6.45) is -0.638. The molecule has 0 heterocycles. The van der Waals surface area contributed by atoms with E-state index in [1.165, 1.54) is 5.56 Å². The maximum atomic E-state index is 10.5. The summed E-state index contributed by atoms with van der Waals surface area (Å²) < 4.78 is 10.8. The Morgan fingerprint density at radius 2 is 1.70 bits per heavy atom. The van der Waals surface area contributed by atoms with Crippen molar-refractivity contribution in [2.45, 2.75) is 33.4 Å². The van der Waals surface area contributed by atoms with E-state index in [9.17, 15) is 5.11 Å². The Kier molecular flexibility index (Phi) is 11.0. The number of guanidine groups is 1. The highest BCUT2D eigenvalue weighted by atomic mass is 127. The van der Waals surface area contributed by atoms with Crippen LogP contribution in [0.3, 0.4) is 0 Å². The van der Waals surface area contributed by atoms with Crippen molar-refractivity contribution in [3.05, 3.63) is 58.7 Å². The van der Waals surface area contributed by atoms with Crippen molar-refractivity contribution in [3.63, 3.8) is 0 Å². The first-order valence-electron chi connectivity index (χ1n) is 9.85. The molecular formula is C23H34IN3O3. The molecule has 7 heteroatoms. The standard InChI is InChI=1S/C23H33N3O3.HI/c1-7-24-23(25-14-20(27)18-10-8-16(2)9-11-18)26(4)15-19-13-22(29-6)21(28-5)12-17(19)3;/h8-13,20,27H,7,14-15H2,1-6H3,(H,24,25);1H. The summed E-state index contributed by atoms with van der Waals surface area (Å²) >= 11 is 0. The Balaban J connectivity index is 0.00000450. The zero-order chi connectivity index (χ0) is 21.4.